The number of aromatic nitrogens is 3. The van der Waals surface area contributed by atoms with Crippen LogP contribution in [0.1, 0.15) is 36.7 Å². The molecule has 4 rings (SSSR count). The summed E-state index contributed by atoms with van der Waals surface area (Å²) in [5, 5.41) is 4.07. The Labute approximate surface area is 188 Å². The summed E-state index contributed by atoms with van der Waals surface area (Å²) in [5.41, 5.74) is 2.42. The highest BCUT2D eigenvalue weighted by atomic mass is 32.2. The lowest BCUT2D eigenvalue weighted by atomic mass is 9.87. The molecule has 1 amide bonds. The lowest BCUT2D eigenvalue weighted by Gasteiger charge is -2.34. The van der Waals surface area contributed by atoms with E-state index in [2.05, 4.69) is 30.9 Å². The van der Waals surface area contributed by atoms with Gasteiger partial charge < -0.3 is 4.90 Å². The minimum absolute atomic E-state index is 0.0399. The summed E-state index contributed by atoms with van der Waals surface area (Å²) in [6.07, 6.45) is 3.04. The second kappa shape index (κ2) is 8.48. The first-order valence-corrected chi connectivity index (χ1v) is 12.0. The summed E-state index contributed by atoms with van der Waals surface area (Å²) in [7, 11) is -3.59. The van der Waals surface area contributed by atoms with E-state index in [0.29, 0.717) is 18.7 Å². The SMILES string of the molecule is CC(C)(C)c1ccc(S(=O)(=O)N2CCN(C(=O)c3ccc(-n4cncn4)cc3)CC2)cc1. The number of nitrogens with zero attached hydrogens (tertiary/aromatic N) is 5. The summed E-state index contributed by atoms with van der Waals surface area (Å²) in [6, 6.07) is 14.2. The third-order valence-electron chi connectivity index (χ3n) is 5.68. The maximum Gasteiger partial charge on any atom is 0.253 e. The van der Waals surface area contributed by atoms with E-state index in [1.807, 2.05) is 24.3 Å². The Morgan fingerprint density at radius 3 is 2.06 bits per heavy atom. The van der Waals surface area contributed by atoms with Gasteiger partial charge in [0, 0.05) is 31.7 Å². The van der Waals surface area contributed by atoms with E-state index < -0.39 is 10.0 Å². The van der Waals surface area contributed by atoms with Crippen molar-refractivity contribution in [1.82, 2.24) is 24.0 Å². The van der Waals surface area contributed by atoms with Gasteiger partial charge in [0.1, 0.15) is 12.7 Å². The van der Waals surface area contributed by atoms with Gasteiger partial charge in [-0.1, -0.05) is 32.9 Å². The molecule has 0 atom stereocenters. The Bertz CT molecular complexity index is 1170. The Kier molecular flexibility index (Phi) is 5.87. The second-order valence-corrected chi connectivity index (χ2v) is 10.8. The van der Waals surface area contributed by atoms with Crippen LogP contribution in [0.15, 0.2) is 66.1 Å². The summed E-state index contributed by atoms with van der Waals surface area (Å²) in [4.78, 5) is 18.8. The van der Waals surface area contributed by atoms with Crippen molar-refractivity contribution in [2.24, 2.45) is 0 Å². The van der Waals surface area contributed by atoms with Crippen molar-refractivity contribution < 1.29 is 13.2 Å². The van der Waals surface area contributed by atoms with E-state index in [0.717, 1.165) is 11.3 Å². The number of sulfonamides is 1. The average Bonchev–Trinajstić information content (AvgIpc) is 3.33. The van der Waals surface area contributed by atoms with E-state index in [-0.39, 0.29) is 29.3 Å². The second-order valence-electron chi connectivity index (χ2n) is 8.86. The van der Waals surface area contributed by atoms with Gasteiger partial charge in [0.2, 0.25) is 10.0 Å². The molecule has 0 aliphatic carbocycles. The number of piperazine rings is 1. The van der Waals surface area contributed by atoms with Gasteiger partial charge in [-0.3, -0.25) is 4.79 Å². The van der Waals surface area contributed by atoms with Gasteiger partial charge in [-0.15, -0.1) is 0 Å². The van der Waals surface area contributed by atoms with Crippen LogP contribution in [0, 0.1) is 0 Å². The van der Waals surface area contributed by atoms with Crippen molar-refractivity contribution >= 4 is 15.9 Å². The van der Waals surface area contributed by atoms with Gasteiger partial charge in [0.05, 0.1) is 10.6 Å². The van der Waals surface area contributed by atoms with Crippen molar-refractivity contribution in [1.29, 1.82) is 0 Å². The van der Waals surface area contributed by atoms with Gasteiger partial charge >= 0.3 is 0 Å². The van der Waals surface area contributed by atoms with E-state index in [9.17, 15) is 13.2 Å². The highest BCUT2D eigenvalue weighted by Crippen LogP contribution is 2.25. The molecule has 0 spiro atoms. The lowest BCUT2D eigenvalue weighted by molar-refractivity contribution is 0.0698. The van der Waals surface area contributed by atoms with E-state index in [1.54, 1.807) is 40.2 Å². The van der Waals surface area contributed by atoms with Crippen LogP contribution in [0.4, 0.5) is 0 Å². The normalized spacial score (nSPS) is 15.7. The molecule has 32 heavy (non-hydrogen) atoms. The molecule has 1 aliphatic heterocycles. The zero-order chi connectivity index (χ0) is 22.9. The zero-order valence-electron chi connectivity index (χ0n) is 18.5. The first-order chi connectivity index (χ1) is 15.2. The molecule has 1 aliphatic rings. The smallest absolute Gasteiger partial charge is 0.253 e. The van der Waals surface area contributed by atoms with Crippen molar-refractivity contribution in [2.75, 3.05) is 26.2 Å². The van der Waals surface area contributed by atoms with E-state index >= 15 is 0 Å². The van der Waals surface area contributed by atoms with Gasteiger partial charge in [-0.05, 0) is 47.4 Å². The molecule has 0 saturated carbocycles. The summed E-state index contributed by atoms with van der Waals surface area (Å²) in [5.74, 6) is -0.110. The standard InChI is InChI=1S/C23H27N5O3S/c1-23(2,3)19-6-10-21(11-7-19)32(30,31)27-14-12-26(13-15-27)22(29)18-4-8-20(9-5-18)28-17-24-16-25-28/h4-11,16-17H,12-15H2,1-3H3. The highest BCUT2D eigenvalue weighted by Gasteiger charge is 2.30. The maximum absolute atomic E-state index is 13.1. The quantitative estimate of drug-likeness (QED) is 0.606. The van der Waals surface area contributed by atoms with Gasteiger partial charge in [0.15, 0.2) is 0 Å². The molecule has 168 valence electrons. The maximum atomic E-state index is 13.1. The van der Waals surface area contributed by atoms with E-state index in [4.69, 9.17) is 0 Å². The van der Waals surface area contributed by atoms with Crippen molar-refractivity contribution in [3.8, 4) is 5.69 Å². The van der Waals surface area contributed by atoms with Gasteiger partial charge in [-0.25, -0.2) is 18.1 Å². The van der Waals surface area contributed by atoms with Crippen LogP contribution in [0.25, 0.3) is 5.69 Å². The van der Waals surface area contributed by atoms with Crippen LogP contribution < -0.4 is 0 Å². The molecule has 0 unspecified atom stereocenters. The van der Waals surface area contributed by atoms with E-state index in [1.165, 1.54) is 10.6 Å². The molecule has 2 aromatic carbocycles. The number of carbonyl (C=O) groups excluding carboxylic acids is 1. The molecule has 9 heteroatoms. The number of hydrogen-bond acceptors (Lipinski definition) is 5. The Balaban J connectivity index is 1.40. The van der Waals surface area contributed by atoms with Crippen molar-refractivity contribution in [2.45, 2.75) is 31.1 Å². The average molecular weight is 454 g/mol. The molecule has 0 bridgehead atoms. The molecule has 0 N–H and O–H groups in total. The molecular weight excluding hydrogens is 426 g/mol. The third kappa shape index (κ3) is 4.44. The van der Waals surface area contributed by atoms with Crippen LogP contribution in [0.2, 0.25) is 0 Å². The number of amides is 1. The third-order valence-corrected chi connectivity index (χ3v) is 7.59. The first kappa shape index (κ1) is 22.2. The first-order valence-electron chi connectivity index (χ1n) is 10.5. The minimum Gasteiger partial charge on any atom is -0.336 e. The lowest BCUT2D eigenvalue weighted by Crippen LogP contribution is -2.50. The number of benzene rings is 2. The topological polar surface area (TPSA) is 88.4 Å². The molecule has 1 saturated heterocycles. The van der Waals surface area contributed by atoms with Gasteiger partial charge in [0.25, 0.3) is 5.91 Å². The molecule has 0 radical (unpaired) electrons. The largest absolute Gasteiger partial charge is 0.336 e. The molecule has 8 nitrogen and oxygen atoms in total. The molecule has 1 fully saturated rings. The monoisotopic (exact) mass is 453 g/mol. The molecular formula is C23H27N5O3S. The fourth-order valence-corrected chi connectivity index (χ4v) is 5.11. The van der Waals surface area contributed by atoms with Crippen LogP contribution in [0.5, 0.6) is 0 Å². The molecule has 2 heterocycles. The van der Waals surface area contributed by atoms with Crippen molar-refractivity contribution in [3.05, 3.63) is 72.3 Å². The minimum atomic E-state index is -3.59. The Hall–Kier alpha value is -3.04. The summed E-state index contributed by atoms with van der Waals surface area (Å²) >= 11 is 0. The number of hydrogen-bond donors (Lipinski definition) is 0. The van der Waals surface area contributed by atoms with Gasteiger partial charge in [-0.2, -0.15) is 9.40 Å². The molecule has 3 aromatic rings. The summed E-state index contributed by atoms with van der Waals surface area (Å²) < 4.78 is 29.2. The van der Waals surface area contributed by atoms with Crippen LogP contribution >= 0.6 is 0 Å². The fraction of sp³-hybridized carbons (Fsp3) is 0.348. The number of carbonyl (C=O) groups is 1. The fourth-order valence-electron chi connectivity index (χ4n) is 3.69. The molecule has 1 aromatic heterocycles. The van der Waals surface area contributed by atoms with Crippen LogP contribution in [-0.4, -0.2) is 64.5 Å². The predicted octanol–water partition coefficient (Wildman–Crippen LogP) is 2.71. The van der Waals surface area contributed by atoms with Crippen molar-refractivity contribution in [3.63, 3.8) is 0 Å². The zero-order valence-corrected chi connectivity index (χ0v) is 19.3. The number of rotatable bonds is 4. The Morgan fingerprint density at radius 2 is 1.53 bits per heavy atom. The van der Waals surface area contributed by atoms with Crippen LogP contribution in [-0.2, 0) is 15.4 Å². The highest BCUT2D eigenvalue weighted by molar-refractivity contribution is 7.89. The Morgan fingerprint density at radius 1 is 0.906 bits per heavy atom. The predicted molar refractivity (Wildman–Crippen MR) is 121 cm³/mol. The van der Waals surface area contributed by atoms with Crippen LogP contribution in [0.3, 0.4) is 0 Å². The summed E-state index contributed by atoms with van der Waals surface area (Å²) in [6.45, 7) is 7.52.